The van der Waals surface area contributed by atoms with Crippen LogP contribution in [0.15, 0.2) is 42.5 Å². The van der Waals surface area contributed by atoms with Gasteiger partial charge in [0.15, 0.2) is 5.78 Å². The van der Waals surface area contributed by atoms with E-state index in [1.807, 2.05) is 0 Å². The Balaban J connectivity index is 1.87. The number of rotatable bonds is 1. The molecule has 0 fully saturated rings. The number of Topliss-reactive ketones (excluding diaryl/α,β-unsaturated/α-hetero) is 1. The Morgan fingerprint density at radius 1 is 0.696 bits per heavy atom. The van der Waals surface area contributed by atoms with E-state index in [0.29, 0.717) is 35.2 Å². The lowest BCUT2D eigenvalue weighted by Crippen LogP contribution is -2.30. The minimum absolute atomic E-state index is 0.0935. The Kier molecular flexibility index (Phi) is 3.11. The first-order valence-electron chi connectivity index (χ1n) is 7.81. The summed E-state index contributed by atoms with van der Waals surface area (Å²) in [7, 11) is 0. The van der Waals surface area contributed by atoms with E-state index >= 15 is 0 Å². The molecule has 114 valence electrons. The van der Waals surface area contributed by atoms with Crippen molar-refractivity contribution in [1.82, 2.24) is 0 Å². The molecule has 0 saturated heterocycles. The second-order valence-corrected chi connectivity index (χ2v) is 5.92. The normalized spacial score (nSPS) is 17.0. The Labute approximate surface area is 133 Å². The van der Waals surface area contributed by atoms with E-state index in [-0.39, 0.29) is 17.6 Å². The topological polar surface area (TPSA) is 54.5 Å². The Morgan fingerprint density at radius 2 is 1.30 bits per heavy atom. The fourth-order valence-corrected chi connectivity index (χ4v) is 3.44. The van der Waals surface area contributed by atoms with Crippen LogP contribution in [-0.2, 0) is 6.42 Å². The number of hydrogen-bond donors (Lipinski definition) is 0. The highest BCUT2D eigenvalue weighted by Crippen LogP contribution is 2.34. The highest BCUT2D eigenvalue weighted by molar-refractivity contribution is 6.34. The van der Waals surface area contributed by atoms with Gasteiger partial charge in [-0.15, -0.1) is 0 Å². The van der Waals surface area contributed by atoms with Gasteiger partial charge in [0.2, 0.25) is 0 Å². The van der Waals surface area contributed by atoms with Crippen LogP contribution in [0.4, 0.5) is 5.69 Å². The van der Waals surface area contributed by atoms with E-state index in [9.17, 15) is 14.4 Å². The summed E-state index contributed by atoms with van der Waals surface area (Å²) < 4.78 is 0. The third kappa shape index (κ3) is 2.02. The summed E-state index contributed by atoms with van der Waals surface area (Å²) in [5.74, 6) is -0.526. The van der Waals surface area contributed by atoms with Gasteiger partial charge in [-0.25, -0.2) is 4.90 Å². The number of amides is 2. The molecule has 0 saturated carbocycles. The molecule has 23 heavy (non-hydrogen) atoms. The SMILES string of the molecule is O=C1CCCCc2c1cccc2N1C(=O)c2ccccc2C1=O. The Bertz CT molecular complexity index is 818. The third-order valence-electron chi connectivity index (χ3n) is 4.57. The van der Waals surface area contributed by atoms with Crippen molar-refractivity contribution in [2.24, 2.45) is 0 Å². The minimum Gasteiger partial charge on any atom is -0.294 e. The zero-order chi connectivity index (χ0) is 16.0. The number of carbonyl (C=O) groups excluding carboxylic acids is 3. The van der Waals surface area contributed by atoms with Crippen molar-refractivity contribution in [3.05, 3.63) is 64.7 Å². The van der Waals surface area contributed by atoms with E-state index in [1.54, 1.807) is 42.5 Å². The summed E-state index contributed by atoms with van der Waals surface area (Å²) in [6.07, 6.45) is 2.97. The van der Waals surface area contributed by atoms with Gasteiger partial charge >= 0.3 is 0 Å². The van der Waals surface area contributed by atoms with E-state index < -0.39 is 0 Å². The van der Waals surface area contributed by atoms with Crippen molar-refractivity contribution in [1.29, 1.82) is 0 Å². The summed E-state index contributed by atoms with van der Waals surface area (Å²) in [6, 6.07) is 12.2. The molecule has 4 nitrogen and oxygen atoms in total. The third-order valence-corrected chi connectivity index (χ3v) is 4.57. The molecule has 2 aliphatic rings. The molecule has 4 rings (SSSR count). The molecule has 4 heteroatoms. The van der Waals surface area contributed by atoms with Crippen molar-refractivity contribution in [2.45, 2.75) is 25.7 Å². The first-order chi connectivity index (χ1) is 11.2. The lowest BCUT2D eigenvalue weighted by Gasteiger charge is -2.19. The number of fused-ring (bicyclic) bond motifs is 2. The van der Waals surface area contributed by atoms with E-state index in [4.69, 9.17) is 0 Å². The molecule has 0 aromatic heterocycles. The number of ketones is 1. The zero-order valence-corrected chi connectivity index (χ0v) is 12.5. The fourth-order valence-electron chi connectivity index (χ4n) is 3.44. The highest BCUT2D eigenvalue weighted by Gasteiger charge is 2.38. The van der Waals surface area contributed by atoms with Gasteiger partial charge in [-0.3, -0.25) is 14.4 Å². The smallest absolute Gasteiger partial charge is 0.266 e. The maximum absolute atomic E-state index is 12.7. The molecule has 2 amide bonds. The summed E-state index contributed by atoms with van der Waals surface area (Å²) in [4.78, 5) is 38.9. The van der Waals surface area contributed by atoms with Crippen molar-refractivity contribution < 1.29 is 14.4 Å². The van der Waals surface area contributed by atoms with E-state index in [0.717, 1.165) is 18.4 Å². The Morgan fingerprint density at radius 3 is 2.00 bits per heavy atom. The van der Waals surface area contributed by atoms with Crippen LogP contribution in [0.1, 0.15) is 55.9 Å². The predicted octanol–water partition coefficient (Wildman–Crippen LogP) is 3.40. The molecule has 1 heterocycles. The first-order valence-corrected chi connectivity index (χ1v) is 7.81. The van der Waals surface area contributed by atoms with Gasteiger partial charge in [-0.1, -0.05) is 24.3 Å². The maximum atomic E-state index is 12.7. The summed E-state index contributed by atoms with van der Waals surface area (Å²) in [5, 5.41) is 0. The zero-order valence-electron chi connectivity index (χ0n) is 12.5. The lowest BCUT2D eigenvalue weighted by atomic mass is 9.99. The van der Waals surface area contributed by atoms with Crippen molar-refractivity contribution in [3.8, 4) is 0 Å². The van der Waals surface area contributed by atoms with Crippen LogP contribution in [-0.4, -0.2) is 17.6 Å². The second-order valence-electron chi connectivity index (χ2n) is 5.92. The molecule has 2 aromatic rings. The van der Waals surface area contributed by atoms with Crippen molar-refractivity contribution in [3.63, 3.8) is 0 Å². The molecular formula is C19H15NO3. The number of imide groups is 1. The minimum atomic E-state index is -0.310. The van der Waals surface area contributed by atoms with Crippen LogP contribution < -0.4 is 4.90 Å². The van der Waals surface area contributed by atoms with Gasteiger partial charge in [0.05, 0.1) is 16.8 Å². The van der Waals surface area contributed by atoms with Crippen LogP contribution >= 0.6 is 0 Å². The number of hydrogen-bond acceptors (Lipinski definition) is 3. The molecule has 0 bridgehead atoms. The summed E-state index contributed by atoms with van der Waals surface area (Å²) >= 11 is 0. The number of carbonyl (C=O) groups is 3. The monoisotopic (exact) mass is 305 g/mol. The van der Waals surface area contributed by atoms with Crippen LogP contribution in [0.3, 0.4) is 0 Å². The average molecular weight is 305 g/mol. The molecule has 0 N–H and O–H groups in total. The summed E-state index contributed by atoms with van der Waals surface area (Å²) in [6.45, 7) is 0. The molecular weight excluding hydrogens is 290 g/mol. The van der Waals surface area contributed by atoms with Gasteiger partial charge in [0.25, 0.3) is 11.8 Å². The van der Waals surface area contributed by atoms with Gasteiger partial charge in [0, 0.05) is 12.0 Å². The van der Waals surface area contributed by atoms with Gasteiger partial charge in [0.1, 0.15) is 0 Å². The molecule has 0 spiro atoms. The molecule has 2 aromatic carbocycles. The van der Waals surface area contributed by atoms with Gasteiger partial charge in [-0.05, 0) is 43.0 Å². The molecule has 0 atom stereocenters. The highest BCUT2D eigenvalue weighted by atomic mass is 16.2. The van der Waals surface area contributed by atoms with Crippen LogP contribution in [0.25, 0.3) is 0 Å². The average Bonchev–Trinajstić information content (AvgIpc) is 2.71. The van der Waals surface area contributed by atoms with Crippen LogP contribution in [0, 0.1) is 0 Å². The number of benzene rings is 2. The van der Waals surface area contributed by atoms with Gasteiger partial charge in [-0.2, -0.15) is 0 Å². The summed E-state index contributed by atoms with van der Waals surface area (Å²) in [5.41, 5.74) is 2.88. The largest absolute Gasteiger partial charge is 0.294 e. The molecule has 1 aliphatic heterocycles. The molecule has 0 radical (unpaired) electrons. The first kappa shape index (κ1) is 13.9. The lowest BCUT2D eigenvalue weighted by molar-refractivity contribution is 0.0922. The quantitative estimate of drug-likeness (QED) is 0.599. The van der Waals surface area contributed by atoms with Crippen LogP contribution in [0.5, 0.6) is 0 Å². The van der Waals surface area contributed by atoms with Gasteiger partial charge < -0.3 is 0 Å². The Hall–Kier alpha value is -2.75. The second kappa shape index (κ2) is 5.16. The van der Waals surface area contributed by atoms with Crippen molar-refractivity contribution in [2.75, 3.05) is 4.90 Å². The van der Waals surface area contributed by atoms with E-state index in [2.05, 4.69) is 0 Å². The number of anilines is 1. The van der Waals surface area contributed by atoms with E-state index in [1.165, 1.54) is 4.90 Å². The van der Waals surface area contributed by atoms with Crippen LogP contribution in [0.2, 0.25) is 0 Å². The molecule has 1 aliphatic carbocycles. The fraction of sp³-hybridized carbons (Fsp3) is 0.211. The van der Waals surface area contributed by atoms with Crippen molar-refractivity contribution >= 4 is 23.3 Å². The molecule has 0 unspecified atom stereocenters. The predicted molar refractivity (Wildman–Crippen MR) is 85.9 cm³/mol. The number of nitrogens with zero attached hydrogens (tertiary/aromatic N) is 1. The maximum Gasteiger partial charge on any atom is 0.266 e. The standard InChI is InChI=1S/C19H15NO3/c21-17-11-4-3-6-12-13(17)9-5-10-16(12)20-18(22)14-7-1-2-8-15(14)19(20)23/h1-2,5,7-10H,3-4,6,11H2.